The number of nitrogens with zero attached hydrogens (tertiary/aromatic N) is 2. The third-order valence-corrected chi connectivity index (χ3v) is 4.68. The molecular weight excluding hydrogens is 360 g/mol. The molecule has 0 aliphatic rings. The number of aromatic nitrogens is 2. The smallest absolute Gasteiger partial charge is 0.387 e. The summed E-state index contributed by atoms with van der Waals surface area (Å²) in [5.74, 6) is 0.253. The molecule has 0 spiro atoms. The van der Waals surface area contributed by atoms with Crippen molar-refractivity contribution in [1.82, 2.24) is 15.3 Å². The van der Waals surface area contributed by atoms with Gasteiger partial charge >= 0.3 is 6.61 Å². The number of thioether (sulfide) groups is 1. The molecule has 0 bridgehead atoms. The maximum atomic E-state index is 12.1. The minimum absolute atomic E-state index is 0.105. The van der Waals surface area contributed by atoms with Gasteiger partial charge in [-0.15, -0.1) is 0 Å². The van der Waals surface area contributed by atoms with Crippen LogP contribution in [0.4, 0.5) is 8.78 Å². The van der Waals surface area contributed by atoms with Crippen molar-refractivity contribution in [2.75, 3.05) is 12.3 Å². The summed E-state index contributed by atoms with van der Waals surface area (Å²) in [6.07, 6.45) is 0.602. The van der Waals surface area contributed by atoms with Gasteiger partial charge in [-0.1, -0.05) is 23.9 Å². The zero-order valence-electron chi connectivity index (χ0n) is 14.9. The van der Waals surface area contributed by atoms with E-state index in [1.54, 1.807) is 12.1 Å². The number of hydrogen-bond donors (Lipinski definition) is 1. The summed E-state index contributed by atoms with van der Waals surface area (Å²) in [5, 5.41) is 3.42. The molecule has 0 saturated heterocycles. The second kappa shape index (κ2) is 9.47. The first-order chi connectivity index (χ1) is 12.3. The molecule has 0 atom stereocenters. The third kappa shape index (κ3) is 6.25. The quantitative estimate of drug-likeness (QED) is 0.560. The first-order valence-corrected chi connectivity index (χ1v) is 9.09. The molecule has 1 aromatic carbocycles. The van der Waals surface area contributed by atoms with Gasteiger partial charge in [0, 0.05) is 17.9 Å². The molecule has 0 unspecified atom stereocenters. The number of ether oxygens (including phenoxy) is 1. The lowest BCUT2D eigenvalue weighted by Crippen LogP contribution is -2.27. The van der Waals surface area contributed by atoms with Crippen molar-refractivity contribution in [3.8, 4) is 5.75 Å². The molecule has 0 fully saturated rings. The van der Waals surface area contributed by atoms with E-state index in [-0.39, 0.29) is 17.4 Å². The van der Waals surface area contributed by atoms with Crippen LogP contribution >= 0.6 is 11.8 Å². The number of amides is 1. The number of alkyl halides is 2. The summed E-state index contributed by atoms with van der Waals surface area (Å²) in [5.41, 5.74) is 3.82. The normalized spacial score (nSPS) is 10.8. The van der Waals surface area contributed by atoms with Gasteiger partial charge in [-0.3, -0.25) is 4.79 Å². The number of carbonyl (C=O) groups is 1. The molecule has 2 aromatic rings. The van der Waals surface area contributed by atoms with Crippen molar-refractivity contribution >= 4 is 17.7 Å². The molecule has 8 heteroatoms. The average molecular weight is 381 g/mol. The highest BCUT2D eigenvalue weighted by molar-refractivity contribution is 7.99. The van der Waals surface area contributed by atoms with Crippen LogP contribution in [0.25, 0.3) is 0 Å². The van der Waals surface area contributed by atoms with Crippen LogP contribution in [0.5, 0.6) is 5.75 Å². The van der Waals surface area contributed by atoms with Crippen molar-refractivity contribution in [1.29, 1.82) is 0 Å². The fourth-order valence-electron chi connectivity index (χ4n) is 2.17. The Morgan fingerprint density at radius 3 is 2.35 bits per heavy atom. The van der Waals surface area contributed by atoms with Crippen LogP contribution in [0.15, 0.2) is 29.4 Å². The summed E-state index contributed by atoms with van der Waals surface area (Å²) in [4.78, 5) is 20.7. The molecule has 1 N–H and O–H groups in total. The maximum Gasteiger partial charge on any atom is 0.387 e. The molecule has 0 saturated carbocycles. The number of carbonyl (C=O) groups excluding carboxylic acids is 1. The van der Waals surface area contributed by atoms with Crippen molar-refractivity contribution in [3.05, 3.63) is 46.8 Å². The van der Waals surface area contributed by atoms with E-state index in [0.717, 1.165) is 22.5 Å². The standard InChI is InChI=1S/C18H21F2N3O2S/c1-11-12(2)22-18(23-13(11)3)26-10-16(24)21-9-8-14-4-6-15(7-5-14)25-17(19)20/h4-7,17H,8-10H2,1-3H3,(H,21,24). The molecule has 5 nitrogen and oxygen atoms in total. The summed E-state index contributed by atoms with van der Waals surface area (Å²) in [6.45, 7) is 3.44. The maximum absolute atomic E-state index is 12.1. The summed E-state index contributed by atoms with van der Waals surface area (Å²) >= 11 is 1.30. The van der Waals surface area contributed by atoms with Crippen LogP contribution < -0.4 is 10.1 Å². The van der Waals surface area contributed by atoms with Gasteiger partial charge in [0.15, 0.2) is 5.16 Å². The Bertz CT molecular complexity index is 732. The number of rotatable bonds is 8. The molecular formula is C18H21F2N3O2S. The molecule has 26 heavy (non-hydrogen) atoms. The number of nitrogens with one attached hydrogen (secondary N) is 1. The molecule has 0 aliphatic carbocycles. The third-order valence-electron chi connectivity index (χ3n) is 3.83. The highest BCUT2D eigenvalue weighted by Crippen LogP contribution is 2.17. The first-order valence-electron chi connectivity index (χ1n) is 8.10. The number of halogens is 2. The lowest BCUT2D eigenvalue weighted by Gasteiger charge is -2.08. The molecule has 1 heterocycles. The zero-order valence-corrected chi connectivity index (χ0v) is 15.7. The molecule has 140 valence electrons. The van der Waals surface area contributed by atoms with Crippen LogP contribution in [0.3, 0.4) is 0 Å². The summed E-state index contributed by atoms with van der Waals surface area (Å²) in [6, 6.07) is 6.37. The van der Waals surface area contributed by atoms with Crippen LogP contribution in [-0.4, -0.2) is 34.8 Å². The monoisotopic (exact) mass is 381 g/mol. The predicted molar refractivity (Wildman–Crippen MR) is 96.8 cm³/mol. The van der Waals surface area contributed by atoms with E-state index < -0.39 is 6.61 Å². The molecule has 1 amide bonds. The van der Waals surface area contributed by atoms with Gasteiger partial charge in [-0.25, -0.2) is 9.97 Å². The van der Waals surface area contributed by atoms with Gasteiger partial charge in [-0.05, 0) is 50.5 Å². The van der Waals surface area contributed by atoms with Crippen LogP contribution in [0, 0.1) is 20.8 Å². The lowest BCUT2D eigenvalue weighted by molar-refractivity contribution is -0.118. The SMILES string of the molecule is Cc1nc(SCC(=O)NCCc2ccc(OC(F)F)cc2)nc(C)c1C. The highest BCUT2D eigenvalue weighted by atomic mass is 32.2. The Kier molecular flexibility index (Phi) is 7.32. The fourth-order valence-corrected chi connectivity index (χ4v) is 2.94. The molecule has 1 aromatic heterocycles. The molecule has 2 rings (SSSR count). The summed E-state index contributed by atoms with van der Waals surface area (Å²) < 4.78 is 28.5. The van der Waals surface area contributed by atoms with E-state index in [9.17, 15) is 13.6 Å². The predicted octanol–water partition coefficient (Wildman–Crippen LogP) is 3.45. The Morgan fingerprint density at radius 2 is 1.77 bits per heavy atom. The first kappa shape index (κ1) is 20.1. The molecule has 0 aliphatic heterocycles. The van der Waals surface area contributed by atoms with E-state index in [2.05, 4.69) is 20.0 Å². The van der Waals surface area contributed by atoms with Crippen LogP contribution in [-0.2, 0) is 11.2 Å². The minimum atomic E-state index is -2.83. The fraction of sp³-hybridized carbons (Fsp3) is 0.389. The van der Waals surface area contributed by atoms with E-state index in [1.807, 2.05) is 20.8 Å². The Labute approximate surface area is 155 Å². The van der Waals surface area contributed by atoms with Crippen molar-refractivity contribution in [2.45, 2.75) is 39.0 Å². The Hall–Kier alpha value is -2.22. The second-order valence-corrected chi connectivity index (χ2v) is 6.66. The minimum Gasteiger partial charge on any atom is -0.435 e. The van der Waals surface area contributed by atoms with E-state index >= 15 is 0 Å². The van der Waals surface area contributed by atoms with E-state index in [0.29, 0.717) is 18.1 Å². The van der Waals surface area contributed by atoms with Crippen molar-refractivity contribution < 1.29 is 18.3 Å². The van der Waals surface area contributed by atoms with E-state index in [1.165, 1.54) is 23.9 Å². The van der Waals surface area contributed by atoms with Gasteiger partial charge in [0.05, 0.1) is 5.75 Å². The van der Waals surface area contributed by atoms with E-state index in [4.69, 9.17) is 0 Å². The van der Waals surface area contributed by atoms with Crippen LogP contribution in [0.1, 0.15) is 22.5 Å². The zero-order chi connectivity index (χ0) is 19.1. The van der Waals surface area contributed by atoms with Crippen molar-refractivity contribution in [3.63, 3.8) is 0 Å². The second-order valence-electron chi connectivity index (χ2n) is 5.71. The van der Waals surface area contributed by atoms with Gasteiger partial charge in [-0.2, -0.15) is 8.78 Å². The van der Waals surface area contributed by atoms with Gasteiger partial charge in [0.2, 0.25) is 5.91 Å². The van der Waals surface area contributed by atoms with Gasteiger partial charge in [0.25, 0.3) is 0 Å². The topological polar surface area (TPSA) is 64.1 Å². The Balaban J connectivity index is 1.73. The number of benzene rings is 1. The number of aryl methyl sites for hydroxylation is 2. The average Bonchev–Trinajstić information content (AvgIpc) is 2.59. The largest absolute Gasteiger partial charge is 0.435 e. The highest BCUT2D eigenvalue weighted by Gasteiger charge is 2.08. The molecule has 0 radical (unpaired) electrons. The van der Waals surface area contributed by atoms with Crippen molar-refractivity contribution in [2.24, 2.45) is 0 Å². The summed E-state index contributed by atoms with van der Waals surface area (Å²) in [7, 11) is 0. The van der Waals surface area contributed by atoms with Gasteiger partial charge in [0.1, 0.15) is 5.75 Å². The van der Waals surface area contributed by atoms with Gasteiger partial charge < -0.3 is 10.1 Å². The Morgan fingerprint density at radius 1 is 1.15 bits per heavy atom. The van der Waals surface area contributed by atoms with Crippen LogP contribution in [0.2, 0.25) is 0 Å². The number of hydrogen-bond acceptors (Lipinski definition) is 5. The lowest BCUT2D eigenvalue weighted by atomic mass is 10.1.